The van der Waals surface area contributed by atoms with Crippen LogP contribution in [-0.2, 0) is 0 Å². The molecule has 2 aromatic carbocycles. The van der Waals surface area contributed by atoms with E-state index < -0.39 is 5.91 Å². The summed E-state index contributed by atoms with van der Waals surface area (Å²) in [5, 5.41) is 11.0. The Balaban J connectivity index is 2.93. The first-order chi connectivity index (χ1) is 7.65. The van der Waals surface area contributed by atoms with Crippen LogP contribution < -0.4 is 5.73 Å². The average Bonchev–Trinajstić information content (AvgIpc) is 2.28. The van der Waals surface area contributed by atoms with Gasteiger partial charge in [0.15, 0.2) is 6.29 Å². The number of nitrogens with two attached hydrogens (primary N) is 1. The van der Waals surface area contributed by atoms with E-state index >= 15 is 0 Å². The third kappa shape index (κ3) is 1.40. The quantitative estimate of drug-likeness (QED) is 0.744. The van der Waals surface area contributed by atoms with Crippen LogP contribution >= 0.6 is 0 Å². The molecule has 0 heterocycles. The summed E-state index contributed by atoms with van der Waals surface area (Å²) in [6, 6.07) is 8.44. The number of primary amides is 1. The van der Waals surface area contributed by atoms with E-state index in [1.54, 1.807) is 24.3 Å². The lowest BCUT2D eigenvalue weighted by Gasteiger charge is -2.07. The third-order valence-corrected chi connectivity index (χ3v) is 2.44. The monoisotopic (exact) mass is 215 g/mol. The number of hydrogen-bond donors (Lipinski definition) is 2. The van der Waals surface area contributed by atoms with Gasteiger partial charge in [-0.1, -0.05) is 24.3 Å². The zero-order chi connectivity index (χ0) is 11.7. The van der Waals surface area contributed by atoms with E-state index in [2.05, 4.69) is 0 Å². The predicted octanol–water partition coefficient (Wildman–Crippen LogP) is 1.46. The number of hydrogen-bond acceptors (Lipinski definition) is 3. The van der Waals surface area contributed by atoms with E-state index in [-0.39, 0.29) is 16.9 Å². The van der Waals surface area contributed by atoms with Crippen LogP contribution in [0.2, 0.25) is 0 Å². The number of fused-ring (bicyclic) bond motifs is 1. The largest absolute Gasteiger partial charge is 0.506 e. The first-order valence-electron chi connectivity index (χ1n) is 4.65. The molecule has 80 valence electrons. The molecular weight excluding hydrogens is 206 g/mol. The van der Waals surface area contributed by atoms with E-state index in [4.69, 9.17) is 5.73 Å². The number of aromatic hydroxyl groups is 1. The molecule has 0 aliphatic heterocycles. The molecule has 0 bridgehead atoms. The fraction of sp³-hybridized carbons (Fsp3) is 0. The van der Waals surface area contributed by atoms with Crippen LogP contribution in [0, 0.1) is 0 Å². The second-order valence-electron chi connectivity index (χ2n) is 3.39. The van der Waals surface area contributed by atoms with Crippen molar-refractivity contribution in [1.82, 2.24) is 0 Å². The van der Waals surface area contributed by atoms with Crippen molar-refractivity contribution in [3.05, 3.63) is 41.5 Å². The highest BCUT2D eigenvalue weighted by Gasteiger charge is 2.15. The molecule has 0 unspecified atom stereocenters. The molecule has 0 aliphatic rings. The number of rotatable bonds is 2. The summed E-state index contributed by atoms with van der Waals surface area (Å²) < 4.78 is 0. The highest BCUT2D eigenvalue weighted by Crippen LogP contribution is 2.29. The van der Waals surface area contributed by atoms with Crippen LogP contribution in [0.1, 0.15) is 20.7 Å². The summed E-state index contributed by atoms with van der Waals surface area (Å²) in [6.45, 7) is 0. The molecule has 0 aromatic heterocycles. The van der Waals surface area contributed by atoms with Crippen LogP contribution in [0.15, 0.2) is 30.3 Å². The number of carbonyl (C=O) groups is 2. The number of aldehydes is 1. The summed E-state index contributed by atoms with van der Waals surface area (Å²) in [6.07, 6.45) is 0.518. The predicted molar refractivity (Wildman–Crippen MR) is 59.5 cm³/mol. The molecule has 4 heteroatoms. The van der Waals surface area contributed by atoms with Gasteiger partial charge in [0.2, 0.25) is 0 Å². The van der Waals surface area contributed by atoms with Crippen LogP contribution in [0.5, 0.6) is 5.75 Å². The number of phenols is 1. The first-order valence-corrected chi connectivity index (χ1v) is 4.65. The smallest absolute Gasteiger partial charge is 0.252 e. The van der Waals surface area contributed by atoms with Gasteiger partial charge < -0.3 is 10.8 Å². The van der Waals surface area contributed by atoms with Crippen molar-refractivity contribution in [3.8, 4) is 5.75 Å². The van der Waals surface area contributed by atoms with Crippen LogP contribution in [-0.4, -0.2) is 17.3 Å². The van der Waals surface area contributed by atoms with Gasteiger partial charge in [0.1, 0.15) is 5.75 Å². The molecule has 2 rings (SSSR count). The standard InChI is InChI=1S/C12H9NO3/c13-12(16)9-5-7-3-1-2-4-8(7)10(6-14)11(9)15/h1-6,15H,(H2,13,16). The van der Waals surface area contributed by atoms with Gasteiger partial charge in [0, 0.05) is 0 Å². The highest BCUT2D eigenvalue weighted by molar-refractivity contribution is 6.08. The Kier molecular flexibility index (Phi) is 2.32. The summed E-state index contributed by atoms with van der Waals surface area (Å²) >= 11 is 0. The molecule has 16 heavy (non-hydrogen) atoms. The van der Waals surface area contributed by atoms with E-state index in [9.17, 15) is 14.7 Å². The molecule has 2 aromatic rings. The van der Waals surface area contributed by atoms with Crippen molar-refractivity contribution in [3.63, 3.8) is 0 Å². The SMILES string of the molecule is NC(=O)c1cc2ccccc2c(C=O)c1O. The van der Waals surface area contributed by atoms with Crippen molar-refractivity contribution in [2.45, 2.75) is 0 Å². The topological polar surface area (TPSA) is 80.4 Å². The van der Waals surface area contributed by atoms with Crippen molar-refractivity contribution >= 4 is 23.0 Å². The van der Waals surface area contributed by atoms with Gasteiger partial charge in [-0.2, -0.15) is 0 Å². The van der Waals surface area contributed by atoms with Gasteiger partial charge >= 0.3 is 0 Å². The maximum absolute atomic E-state index is 11.1. The Morgan fingerprint density at radius 1 is 1.31 bits per heavy atom. The summed E-state index contributed by atoms with van der Waals surface area (Å²) in [5.41, 5.74) is 5.16. The maximum Gasteiger partial charge on any atom is 0.252 e. The molecule has 0 saturated heterocycles. The van der Waals surface area contributed by atoms with E-state index in [1.165, 1.54) is 6.07 Å². The van der Waals surface area contributed by atoms with Crippen molar-refractivity contribution in [2.24, 2.45) is 5.73 Å². The van der Waals surface area contributed by atoms with Gasteiger partial charge in [-0.25, -0.2) is 0 Å². The minimum atomic E-state index is -0.758. The molecule has 0 saturated carbocycles. The Hall–Kier alpha value is -2.36. The minimum Gasteiger partial charge on any atom is -0.506 e. The van der Waals surface area contributed by atoms with Crippen LogP contribution in [0.25, 0.3) is 10.8 Å². The second kappa shape index (κ2) is 3.66. The fourth-order valence-corrected chi connectivity index (χ4v) is 1.67. The zero-order valence-corrected chi connectivity index (χ0v) is 8.31. The summed E-state index contributed by atoms with van der Waals surface area (Å²) in [4.78, 5) is 22.0. The maximum atomic E-state index is 11.1. The molecule has 4 nitrogen and oxygen atoms in total. The molecule has 3 N–H and O–H groups in total. The normalized spacial score (nSPS) is 10.2. The minimum absolute atomic E-state index is 0.0409. The molecule has 1 amide bonds. The van der Waals surface area contributed by atoms with Crippen molar-refractivity contribution < 1.29 is 14.7 Å². The molecule has 0 aliphatic carbocycles. The van der Waals surface area contributed by atoms with Crippen molar-refractivity contribution in [1.29, 1.82) is 0 Å². The molecule has 0 radical (unpaired) electrons. The van der Waals surface area contributed by atoms with Gasteiger partial charge in [0.25, 0.3) is 5.91 Å². The molecule has 0 atom stereocenters. The number of carbonyl (C=O) groups excluding carboxylic acids is 2. The molecule has 0 fully saturated rings. The van der Waals surface area contributed by atoms with Gasteiger partial charge in [0.05, 0.1) is 11.1 Å². The van der Waals surface area contributed by atoms with Crippen LogP contribution in [0.4, 0.5) is 0 Å². The first kappa shape index (κ1) is 10.2. The van der Waals surface area contributed by atoms with E-state index in [0.29, 0.717) is 17.1 Å². The molecule has 0 spiro atoms. The Bertz CT molecular complexity index is 590. The average molecular weight is 215 g/mol. The Morgan fingerprint density at radius 2 is 2.00 bits per heavy atom. The third-order valence-electron chi connectivity index (χ3n) is 2.44. The Morgan fingerprint density at radius 3 is 2.62 bits per heavy atom. The van der Waals surface area contributed by atoms with E-state index in [1.807, 2.05) is 0 Å². The number of amides is 1. The lowest BCUT2D eigenvalue weighted by Crippen LogP contribution is -2.12. The van der Waals surface area contributed by atoms with Gasteiger partial charge in [-0.15, -0.1) is 0 Å². The van der Waals surface area contributed by atoms with Crippen molar-refractivity contribution in [2.75, 3.05) is 0 Å². The lowest BCUT2D eigenvalue weighted by atomic mass is 10.00. The Labute approximate surface area is 91.3 Å². The summed E-state index contributed by atoms with van der Waals surface area (Å²) in [5.74, 6) is -1.12. The van der Waals surface area contributed by atoms with Gasteiger partial charge in [-0.3, -0.25) is 9.59 Å². The fourth-order valence-electron chi connectivity index (χ4n) is 1.67. The number of benzene rings is 2. The summed E-state index contributed by atoms with van der Waals surface area (Å²) in [7, 11) is 0. The second-order valence-corrected chi connectivity index (χ2v) is 3.39. The lowest BCUT2D eigenvalue weighted by molar-refractivity contribution is 0.0998. The van der Waals surface area contributed by atoms with E-state index in [0.717, 1.165) is 0 Å². The van der Waals surface area contributed by atoms with Crippen LogP contribution in [0.3, 0.4) is 0 Å². The molecular formula is C12H9NO3. The highest BCUT2D eigenvalue weighted by atomic mass is 16.3. The van der Waals surface area contributed by atoms with Gasteiger partial charge in [-0.05, 0) is 16.8 Å². The zero-order valence-electron chi connectivity index (χ0n) is 8.31.